The Morgan fingerprint density at radius 1 is 1.05 bits per heavy atom. The highest BCUT2D eigenvalue weighted by atomic mass is 19.1. The van der Waals surface area contributed by atoms with Crippen LogP contribution in [0.5, 0.6) is 0 Å². The van der Waals surface area contributed by atoms with Gasteiger partial charge in [0.1, 0.15) is 5.82 Å². The van der Waals surface area contributed by atoms with Crippen LogP contribution in [-0.4, -0.2) is 20.2 Å². The number of ether oxygens (including phenoxy) is 1. The Bertz CT molecular complexity index is 530. The van der Waals surface area contributed by atoms with Crippen molar-refractivity contribution in [3.05, 3.63) is 71.5 Å². The van der Waals surface area contributed by atoms with Crippen molar-refractivity contribution in [2.24, 2.45) is 5.92 Å². The lowest BCUT2D eigenvalue weighted by molar-refractivity contribution is 0.0871. The van der Waals surface area contributed by atoms with Crippen molar-refractivity contribution in [1.29, 1.82) is 0 Å². The van der Waals surface area contributed by atoms with Crippen molar-refractivity contribution in [3.8, 4) is 0 Å². The van der Waals surface area contributed by atoms with Crippen LogP contribution in [0.1, 0.15) is 11.1 Å². The topological polar surface area (TPSA) is 21.3 Å². The highest BCUT2D eigenvalue weighted by Crippen LogP contribution is 2.12. The third-order valence-electron chi connectivity index (χ3n) is 3.37. The average molecular weight is 287 g/mol. The Kier molecular flexibility index (Phi) is 6.38. The number of halogens is 1. The molecule has 0 radical (unpaired) electrons. The van der Waals surface area contributed by atoms with E-state index in [2.05, 4.69) is 17.4 Å². The van der Waals surface area contributed by atoms with Crippen LogP contribution in [0.4, 0.5) is 4.39 Å². The minimum Gasteiger partial charge on any atom is -0.376 e. The van der Waals surface area contributed by atoms with Gasteiger partial charge in [0.05, 0.1) is 13.2 Å². The van der Waals surface area contributed by atoms with Crippen LogP contribution in [0.25, 0.3) is 0 Å². The largest absolute Gasteiger partial charge is 0.376 e. The molecule has 1 N–H and O–H groups in total. The molecule has 0 saturated heterocycles. The van der Waals surface area contributed by atoms with E-state index in [1.54, 1.807) is 12.1 Å². The molecule has 112 valence electrons. The summed E-state index contributed by atoms with van der Waals surface area (Å²) < 4.78 is 19.0. The molecular formula is C18H22FNO. The van der Waals surface area contributed by atoms with Crippen molar-refractivity contribution in [3.63, 3.8) is 0 Å². The maximum Gasteiger partial charge on any atom is 0.123 e. The van der Waals surface area contributed by atoms with Gasteiger partial charge in [0.15, 0.2) is 0 Å². The Morgan fingerprint density at radius 3 is 2.52 bits per heavy atom. The lowest BCUT2D eigenvalue weighted by Gasteiger charge is -2.17. The van der Waals surface area contributed by atoms with Gasteiger partial charge >= 0.3 is 0 Å². The van der Waals surface area contributed by atoms with Crippen LogP contribution in [-0.2, 0) is 17.8 Å². The summed E-state index contributed by atoms with van der Waals surface area (Å²) in [5.74, 6) is 0.154. The lowest BCUT2D eigenvalue weighted by atomic mass is 10.00. The molecule has 1 atom stereocenters. The van der Waals surface area contributed by atoms with E-state index in [-0.39, 0.29) is 5.82 Å². The van der Waals surface area contributed by atoms with Crippen molar-refractivity contribution in [2.75, 3.05) is 20.2 Å². The first-order chi connectivity index (χ1) is 10.3. The van der Waals surface area contributed by atoms with Gasteiger partial charge in [-0.15, -0.1) is 0 Å². The first-order valence-corrected chi connectivity index (χ1v) is 7.28. The molecule has 0 aliphatic carbocycles. The fourth-order valence-corrected chi connectivity index (χ4v) is 2.39. The molecule has 0 saturated carbocycles. The molecule has 0 heterocycles. The molecule has 0 bridgehead atoms. The number of rotatable bonds is 8. The first-order valence-electron chi connectivity index (χ1n) is 7.28. The van der Waals surface area contributed by atoms with Gasteiger partial charge < -0.3 is 10.1 Å². The van der Waals surface area contributed by atoms with Gasteiger partial charge in [-0.25, -0.2) is 4.39 Å². The molecule has 2 aromatic rings. The van der Waals surface area contributed by atoms with E-state index >= 15 is 0 Å². The molecular weight excluding hydrogens is 265 g/mol. The van der Waals surface area contributed by atoms with Crippen LogP contribution in [0.15, 0.2) is 54.6 Å². The molecule has 0 spiro atoms. The van der Waals surface area contributed by atoms with E-state index < -0.39 is 0 Å². The average Bonchev–Trinajstić information content (AvgIpc) is 2.48. The maximum atomic E-state index is 13.2. The van der Waals surface area contributed by atoms with Gasteiger partial charge in [-0.2, -0.15) is 0 Å². The first kappa shape index (κ1) is 15.7. The fraction of sp³-hybridized carbons (Fsp3) is 0.333. The van der Waals surface area contributed by atoms with Gasteiger partial charge in [-0.3, -0.25) is 0 Å². The van der Waals surface area contributed by atoms with Crippen molar-refractivity contribution >= 4 is 0 Å². The predicted octanol–water partition coefficient (Wildman–Crippen LogP) is 3.42. The minimum absolute atomic E-state index is 0.180. The van der Waals surface area contributed by atoms with Gasteiger partial charge in [0, 0.05) is 6.54 Å². The molecule has 0 aliphatic heterocycles. The van der Waals surface area contributed by atoms with Crippen molar-refractivity contribution < 1.29 is 9.13 Å². The number of benzene rings is 2. The van der Waals surface area contributed by atoms with Crippen LogP contribution < -0.4 is 5.32 Å². The molecule has 0 aromatic heterocycles. The SMILES string of the molecule is CNCC(COCc1ccccc1)Cc1cccc(F)c1. The van der Waals surface area contributed by atoms with Crippen LogP contribution >= 0.6 is 0 Å². The summed E-state index contributed by atoms with van der Waals surface area (Å²) >= 11 is 0. The summed E-state index contributed by atoms with van der Waals surface area (Å²) in [6, 6.07) is 16.9. The monoisotopic (exact) mass is 287 g/mol. The zero-order valence-corrected chi connectivity index (χ0v) is 12.4. The second kappa shape index (κ2) is 8.55. The minimum atomic E-state index is -0.180. The molecule has 2 rings (SSSR count). The van der Waals surface area contributed by atoms with Crippen LogP contribution in [0.3, 0.4) is 0 Å². The van der Waals surface area contributed by atoms with E-state index in [9.17, 15) is 4.39 Å². The van der Waals surface area contributed by atoms with E-state index in [0.717, 1.165) is 18.5 Å². The lowest BCUT2D eigenvalue weighted by Crippen LogP contribution is -2.25. The third kappa shape index (κ3) is 5.66. The normalized spacial score (nSPS) is 12.3. The van der Waals surface area contributed by atoms with Gasteiger partial charge in [-0.05, 0) is 42.6 Å². The summed E-state index contributed by atoms with van der Waals surface area (Å²) in [7, 11) is 1.93. The molecule has 0 aliphatic rings. The summed E-state index contributed by atoms with van der Waals surface area (Å²) in [6.45, 7) is 2.13. The Labute approximate surface area is 126 Å². The van der Waals surface area contributed by atoms with E-state index in [4.69, 9.17) is 4.74 Å². The quantitative estimate of drug-likeness (QED) is 0.803. The zero-order chi connectivity index (χ0) is 14.9. The van der Waals surface area contributed by atoms with E-state index in [0.29, 0.717) is 19.1 Å². The summed E-state index contributed by atoms with van der Waals surface area (Å²) in [6.07, 6.45) is 0.813. The second-order valence-corrected chi connectivity index (χ2v) is 5.26. The molecule has 21 heavy (non-hydrogen) atoms. The van der Waals surface area contributed by atoms with Gasteiger partial charge in [0.25, 0.3) is 0 Å². The summed E-state index contributed by atoms with van der Waals surface area (Å²) in [5, 5.41) is 3.18. The highest BCUT2D eigenvalue weighted by molar-refractivity contribution is 5.17. The van der Waals surface area contributed by atoms with Crippen molar-refractivity contribution in [2.45, 2.75) is 13.0 Å². The molecule has 0 amide bonds. The zero-order valence-electron chi connectivity index (χ0n) is 12.4. The standard InChI is InChI=1S/C18H22FNO/c1-20-12-17(10-16-8-5-9-18(19)11-16)14-21-13-15-6-3-2-4-7-15/h2-9,11,17,20H,10,12-14H2,1H3. The van der Waals surface area contributed by atoms with E-state index in [1.807, 2.05) is 31.3 Å². The smallest absolute Gasteiger partial charge is 0.123 e. The van der Waals surface area contributed by atoms with Crippen LogP contribution in [0.2, 0.25) is 0 Å². The van der Waals surface area contributed by atoms with Gasteiger partial charge in [0.2, 0.25) is 0 Å². The molecule has 1 unspecified atom stereocenters. The second-order valence-electron chi connectivity index (χ2n) is 5.26. The summed E-state index contributed by atoms with van der Waals surface area (Å²) in [5.41, 5.74) is 2.19. The predicted molar refractivity (Wildman–Crippen MR) is 83.6 cm³/mol. The van der Waals surface area contributed by atoms with Gasteiger partial charge in [-0.1, -0.05) is 42.5 Å². The number of hydrogen-bond donors (Lipinski definition) is 1. The fourth-order valence-electron chi connectivity index (χ4n) is 2.39. The number of nitrogens with one attached hydrogen (secondary N) is 1. The molecule has 0 fully saturated rings. The maximum absolute atomic E-state index is 13.2. The van der Waals surface area contributed by atoms with Crippen molar-refractivity contribution in [1.82, 2.24) is 5.32 Å². The molecule has 3 heteroatoms. The van der Waals surface area contributed by atoms with E-state index in [1.165, 1.54) is 11.6 Å². The highest BCUT2D eigenvalue weighted by Gasteiger charge is 2.10. The van der Waals surface area contributed by atoms with Crippen LogP contribution in [0, 0.1) is 11.7 Å². The molecule has 2 aromatic carbocycles. The Hall–Kier alpha value is -1.71. The Balaban J connectivity index is 1.84. The number of hydrogen-bond acceptors (Lipinski definition) is 2. The third-order valence-corrected chi connectivity index (χ3v) is 3.37. The Morgan fingerprint density at radius 2 is 1.81 bits per heavy atom. The molecule has 2 nitrogen and oxygen atoms in total. The summed E-state index contributed by atoms with van der Waals surface area (Å²) in [4.78, 5) is 0.